The van der Waals surface area contributed by atoms with Gasteiger partial charge in [-0.1, -0.05) is 0 Å². The van der Waals surface area contributed by atoms with Crippen LogP contribution in [0.1, 0.15) is 32.6 Å². The molecule has 0 aliphatic carbocycles. The predicted molar refractivity (Wildman–Crippen MR) is 64.2 cm³/mol. The molecule has 0 spiro atoms. The molecule has 3 N–H and O–H groups in total. The van der Waals surface area contributed by atoms with Crippen LogP contribution < -0.4 is 16.0 Å². The van der Waals surface area contributed by atoms with Crippen LogP contribution in [0.25, 0.3) is 0 Å². The first-order valence-corrected chi connectivity index (χ1v) is 6.43. The van der Waals surface area contributed by atoms with E-state index in [1.54, 1.807) is 0 Å². The largest absolute Gasteiger partial charge is 0.352 e. The highest BCUT2D eigenvalue weighted by Crippen LogP contribution is 2.25. The van der Waals surface area contributed by atoms with Gasteiger partial charge in [0, 0.05) is 19.1 Å². The first kappa shape index (κ1) is 11.9. The molecule has 0 radical (unpaired) electrons. The number of piperidine rings is 2. The Kier molecular flexibility index (Phi) is 3.82. The third-order valence-corrected chi connectivity index (χ3v) is 3.78. The lowest BCUT2D eigenvalue weighted by Crippen LogP contribution is -2.54. The average molecular weight is 225 g/mol. The zero-order valence-corrected chi connectivity index (χ0v) is 10.1. The van der Waals surface area contributed by atoms with Crippen molar-refractivity contribution in [3.8, 4) is 0 Å². The van der Waals surface area contributed by atoms with Gasteiger partial charge in [0.2, 0.25) is 5.91 Å². The second-order valence-electron chi connectivity index (χ2n) is 5.36. The van der Waals surface area contributed by atoms with Crippen molar-refractivity contribution in [3.05, 3.63) is 0 Å². The molecular formula is C12H23N3O. The molecule has 0 aromatic carbocycles. The second kappa shape index (κ2) is 5.15. The maximum Gasteiger partial charge on any atom is 0.227 e. The van der Waals surface area contributed by atoms with Crippen LogP contribution >= 0.6 is 0 Å². The molecule has 0 aromatic rings. The standard InChI is InChI=1S/C12H23N3O/c1-12(5-3-7-14-9-12)11(16)15-10-4-2-6-13-8-10/h10,13-14H,2-9H2,1H3,(H,15,16)/t10-,12?/m0/s1. The van der Waals surface area contributed by atoms with Crippen LogP contribution in [0, 0.1) is 5.41 Å². The van der Waals surface area contributed by atoms with Gasteiger partial charge in [-0.2, -0.15) is 0 Å². The van der Waals surface area contributed by atoms with Gasteiger partial charge in [0.05, 0.1) is 5.41 Å². The predicted octanol–water partition coefficient (Wildman–Crippen LogP) is 0.244. The highest BCUT2D eigenvalue weighted by atomic mass is 16.2. The molecule has 0 bridgehead atoms. The van der Waals surface area contributed by atoms with E-state index in [4.69, 9.17) is 0 Å². The van der Waals surface area contributed by atoms with E-state index in [1.165, 1.54) is 6.42 Å². The van der Waals surface area contributed by atoms with Crippen LogP contribution in [0.3, 0.4) is 0 Å². The van der Waals surface area contributed by atoms with Crippen LogP contribution in [0.5, 0.6) is 0 Å². The van der Waals surface area contributed by atoms with Gasteiger partial charge in [0.25, 0.3) is 0 Å². The molecule has 2 fully saturated rings. The minimum atomic E-state index is -0.199. The monoisotopic (exact) mass is 225 g/mol. The quantitative estimate of drug-likeness (QED) is 0.631. The van der Waals surface area contributed by atoms with Gasteiger partial charge in [-0.05, 0) is 45.7 Å². The number of hydrogen-bond acceptors (Lipinski definition) is 3. The van der Waals surface area contributed by atoms with Crippen LogP contribution in [0.4, 0.5) is 0 Å². The Labute approximate surface area is 97.6 Å². The summed E-state index contributed by atoms with van der Waals surface area (Å²) >= 11 is 0. The summed E-state index contributed by atoms with van der Waals surface area (Å²) in [5.74, 6) is 0.230. The van der Waals surface area contributed by atoms with Crippen molar-refractivity contribution in [2.75, 3.05) is 26.2 Å². The average Bonchev–Trinajstić information content (AvgIpc) is 2.31. The minimum absolute atomic E-state index is 0.199. The topological polar surface area (TPSA) is 53.2 Å². The maximum absolute atomic E-state index is 12.2. The zero-order chi connectivity index (χ0) is 11.4. The molecule has 2 rings (SSSR count). The summed E-state index contributed by atoms with van der Waals surface area (Å²) in [7, 11) is 0. The van der Waals surface area contributed by atoms with Crippen LogP contribution in [0.15, 0.2) is 0 Å². The fourth-order valence-electron chi connectivity index (χ4n) is 2.58. The fraction of sp³-hybridized carbons (Fsp3) is 0.917. The molecule has 4 heteroatoms. The highest BCUT2D eigenvalue weighted by molar-refractivity contribution is 5.82. The SMILES string of the molecule is CC1(C(=O)N[C@H]2CCCNC2)CCCNC1. The van der Waals surface area contributed by atoms with E-state index in [2.05, 4.69) is 22.9 Å². The van der Waals surface area contributed by atoms with Gasteiger partial charge in [-0.15, -0.1) is 0 Å². The van der Waals surface area contributed by atoms with Crippen LogP contribution in [0.2, 0.25) is 0 Å². The number of amides is 1. The first-order valence-electron chi connectivity index (χ1n) is 6.43. The first-order chi connectivity index (χ1) is 7.71. The van der Waals surface area contributed by atoms with Gasteiger partial charge < -0.3 is 16.0 Å². The fourth-order valence-corrected chi connectivity index (χ4v) is 2.58. The second-order valence-corrected chi connectivity index (χ2v) is 5.36. The maximum atomic E-state index is 12.2. The van der Waals surface area contributed by atoms with E-state index in [-0.39, 0.29) is 11.3 Å². The molecule has 4 nitrogen and oxygen atoms in total. The molecule has 92 valence electrons. The van der Waals surface area contributed by atoms with Crippen molar-refractivity contribution < 1.29 is 4.79 Å². The van der Waals surface area contributed by atoms with Gasteiger partial charge in [-0.25, -0.2) is 0 Å². The number of nitrogens with one attached hydrogen (secondary N) is 3. The van der Waals surface area contributed by atoms with E-state index in [0.29, 0.717) is 6.04 Å². The summed E-state index contributed by atoms with van der Waals surface area (Å²) in [4.78, 5) is 12.2. The Bertz CT molecular complexity index is 243. The van der Waals surface area contributed by atoms with E-state index in [9.17, 15) is 4.79 Å². The molecule has 2 saturated heterocycles. The summed E-state index contributed by atoms with van der Waals surface area (Å²) in [6, 6.07) is 0.333. The van der Waals surface area contributed by atoms with Crippen molar-refractivity contribution in [1.82, 2.24) is 16.0 Å². The lowest BCUT2D eigenvalue weighted by Gasteiger charge is -2.35. The molecule has 2 aliphatic rings. The normalized spacial score (nSPS) is 35.7. The number of carbonyl (C=O) groups excluding carboxylic acids is 1. The van der Waals surface area contributed by atoms with Crippen molar-refractivity contribution >= 4 is 5.91 Å². The molecule has 0 saturated carbocycles. The van der Waals surface area contributed by atoms with Crippen molar-refractivity contribution in [3.63, 3.8) is 0 Å². The number of hydrogen-bond donors (Lipinski definition) is 3. The van der Waals surface area contributed by atoms with Gasteiger partial charge in [-0.3, -0.25) is 4.79 Å². The zero-order valence-electron chi connectivity index (χ0n) is 10.1. The summed E-state index contributed by atoms with van der Waals surface area (Å²) in [6.45, 7) is 5.96. The molecule has 1 unspecified atom stereocenters. The van der Waals surface area contributed by atoms with Crippen LogP contribution in [-0.2, 0) is 4.79 Å². The van der Waals surface area contributed by atoms with E-state index >= 15 is 0 Å². The van der Waals surface area contributed by atoms with Gasteiger partial charge in [0.1, 0.15) is 0 Å². The van der Waals surface area contributed by atoms with E-state index in [1.807, 2.05) is 0 Å². The Morgan fingerprint density at radius 3 is 2.75 bits per heavy atom. The lowest BCUT2D eigenvalue weighted by molar-refractivity contribution is -0.132. The summed E-state index contributed by atoms with van der Waals surface area (Å²) in [5.41, 5.74) is -0.199. The number of rotatable bonds is 2. The van der Waals surface area contributed by atoms with Crippen molar-refractivity contribution in [1.29, 1.82) is 0 Å². The Morgan fingerprint density at radius 1 is 1.31 bits per heavy atom. The lowest BCUT2D eigenvalue weighted by atomic mass is 9.81. The smallest absolute Gasteiger partial charge is 0.227 e. The summed E-state index contributed by atoms with van der Waals surface area (Å²) in [5, 5.41) is 9.83. The summed E-state index contributed by atoms with van der Waals surface area (Å²) < 4.78 is 0. The van der Waals surface area contributed by atoms with Gasteiger partial charge in [0.15, 0.2) is 0 Å². The Morgan fingerprint density at radius 2 is 2.12 bits per heavy atom. The molecule has 0 aromatic heterocycles. The van der Waals surface area contributed by atoms with E-state index < -0.39 is 0 Å². The third kappa shape index (κ3) is 2.74. The Balaban J connectivity index is 1.85. The van der Waals surface area contributed by atoms with Crippen molar-refractivity contribution in [2.45, 2.75) is 38.6 Å². The van der Waals surface area contributed by atoms with Gasteiger partial charge >= 0.3 is 0 Å². The van der Waals surface area contributed by atoms with Crippen molar-refractivity contribution in [2.24, 2.45) is 5.41 Å². The number of carbonyl (C=O) groups is 1. The molecule has 2 heterocycles. The molecule has 2 atom stereocenters. The molecular weight excluding hydrogens is 202 g/mol. The summed E-state index contributed by atoms with van der Waals surface area (Å²) in [6.07, 6.45) is 4.39. The Hall–Kier alpha value is -0.610. The highest BCUT2D eigenvalue weighted by Gasteiger charge is 2.35. The minimum Gasteiger partial charge on any atom is -0.352 e. The molecule has 2 aliphatic heterocycles. The van der Waals surface area contributed by atoms with E-state index in [0.717, 1.165) is 45.4 Å². The third-order valence-electron chi connectivity index (χ3n) is 3.78. The molecule has 1 amide bonds. The van der Waals surface area contributed by atoms with Crippen LogP contribution in [-0.4, -0.2) is 38.1 Å². The molecule has 16 heavy (non-hydrogen) atoms.